The van der Waals surface area contributed by atoms with Gasteiger partial charge >= 0.3 is 0 Å². The highest BCUT2D eigenvalue weighted by Crippen LogP contribution is 2.21. The first-order chi connectivity index (χ1) is 7.58. The Labute approximate surface area is 94.4 Å². The molecule has 1 amide bonds. The smallest absolute Gasteiger partial charge is 0.248 e. The number of amides is 1. The van der Waals surface area contributed by atoms with Gasteiger partial charge in [0.1, 0.15) is 0 Å². The second-order valence-electron chi connectivity index (χ2n) is 3.60. The van der Waals surface area contributed by atoms with Crippen LogP contribution in [0.15, 0.2) is 18.2 Å². The van der Waals surface area contributed by atoms with E-state index in [-0.39, 0.29) is 12.6 Å². The van der Waals surface area contributed by atoms with E-state index in [1.807, 2.05) is 6.92 Å². The van der Waals surface area contributed by atoms with Crippen molar-refractivity contribution in [1.82, 2.24) is 0 Å². The lowest BCUT2D eigenvalue weighted by Gasteiger charge is -2.17. The predicted molar refractivity (Wildman–Crippen MR) is 64.2 cm³/mol. The van der Waals surface area contributed by atoms with Crippen molar-refractivity contribution in [2.75, 3.05) is 17.7 Å². The molecular formula is C11H17N3O2. The molecule has 88 valence electrons. The lowest BCUT2D eigenvalue weighted by atomic mass is 10.1. The van der Waals surface area contributed by atoms with E-state index < -0.39 is 5.91 Å². The summed E-state index contributed by atoms with van der Waals surface area (Å²) in [6.45, 7) is 1.96. The monoisotopic (exact) mass is 223 g/mol. The average molecular weight is 223 g/mol. The number of benzene rings is 1. The molecule has 1 aromatic carbocycles. The number of nitrogen functional groups attached to an aromatic ring is 1. The molecule has 6 N–H and O–H groups in total. The molecule has 0 saturated carbocycles. The predicted octanol–water partition coefficient (Wildman–Crippen LogP) is 0.550. The maximum Gasteiger partial charge on any atom is 0.248 e. The molecule has 0 aromatic heterocycles. The van der Waals surface area contributed by atoms with Crippen molar-refractivity contribution in [3.63, 3.8) is 0 Å². The van der Waals surface area contributed by atoms with Crippen LogP contribution in [-0.2, 0) is 0 Å². The van der Waals surface area contributed by atoms with Gasteiger partial charge in [0.2, 0.25) is 5.91 Å². The highest BCUT2D eigenvalue weighted by atomic mass is 16.3. The lowest BCUT2D eigenvalue weighted by molar-refractivity contribution is 0.100. The second-order valence-corrected chi connectivity index (χ2v) is 3.60. The van der Waals surface area contributed by atoms with Crippen LogP contribution in [0.2, 0.25) is 0 Å². The summed E-state index contributed by atoms with van der Waals surface area (Å²) < 4.78 is 0. The largest absolute Gasteiger partial charge is 0.397 e. The third-order valence-electron chi connectivity index (χ3n) is 2.41. The van der Waals surface area contributed by atoms with Crippen molar-refractivity contribution < 1.29 is 9.90 Å². The number of nitrogens with two attached hydrogens (primary N) is 2. The van der Waals surface area contributed by atoms with E-state index in [4.69, 9.17) is 16.6 Å². The summed E-state index contributed by atoms with van der Waals surface area (Å²) in [7, 11) is 0. The Morgan fingerprint density at radius 2 is 2.25 bits per heavy atom. The summed E-state index contributed by atoms with van der Waals surface area (Å²) in [5, 5.41) is 12.1. The van der Waals surface area contributed by atoms with E-state index in [0.717, 1.165) is 6.42 Å². The maximum atomic E-state index is 11.0. The van der Waals surface area contributed by atoms with Gasteiger partial charge in [-0.1, -0.05) is 6.92 Å². The molecule has 5 heteroatoms. The highest BCUT2D eigenvalue weighted by Gasteiger charge is 2.09. The minimum absolute atomic E-state index is 0.0107. The number of carbonyl (C=O) groups excluding carboxylic acids is 1. The Bertz CT molecular complexity index is 375. The molecule has 0 heterocycles. The molecular weight excluding hydrogens is 206 g/mol. The molecule has 1 atom stereocenters. The van der Waals surface area contributed by atoms with E-state index in [1.54, 1.807) is 18.2 Å². The SMILES string of the molecule is CCC(CO)Nc1cc(C(N)=O)ccc1N. The van der Waals surface area contributed by atoms with Gasteiger partial charge in [0, 0.05) is 11.6 Å². The quantitative estimate of drug-likeness (QED) is 0.547. The highest BCUT2D eigenvalue weighted by molar-refractivity contribution is 5.94. The number of primary amides is 1. The summed E-state index contributed by atoms with van der Waals surface area (Å²) in [4.78, 5) is 11.0. The van der Waals surface area contributed by atoms with E-state index in [1.165, 1.54) is 0 Å². The van der Waals surface area contributed by atoms with Crippen molar-refractivity contribution >= 4 is 17.3 Å². The Morgan fingerprint density at radius 3 is 2.75 bits per heavy atom. The first-order valence-electron chi connectivity index (χ1n) is 5.15. The van der Waals surface area contributed by atoms with Crippen molar-refractivity contribution in [2.45, 2.75) is 19.4 Å². The maximum absolute atomic E-state index is 11.0. The zero-order valence-corrected chi connectivity index (χ0v) is 9.23. The van der Waals surface area contributed by atoms with Crippen molar-refractivity contribution in [1.29, 1.82) is 0 Å². The molecule has 0 aliphatic carbocycles. The number of carbonyl (C=O) groups is 1. The molecule has 0 bridgehead atoms. The van der Waals surface area contributed by atoms with Gasteiger partial charge in [0.05, 0.1) is 18.0 Å². The molecule has 5 nitrogen and oxygen atoms in total. The zero-order chi connectivity index (χ0) is 12.1. The summed E-state index contributed by atoms with van der Waals surface area (Å²) in [5.41, 5.74) is 12.5. The van der Waals surface area contributed by atoms with E-state index >= 15 is 0 Å². The average Bonchev–Trinajstić information content (AvgIpc) is 2.27. The Kier molecular flexibility index (Phi) is 4.13. The molecule has 0 radical (unpaired) electrons. The topological polar surface area (TPSA) is 101 Å². The number of rotatable bonds is 5. The van der Waals surface area contributed by atoms with Crippen LogP contribution in [0.1, 0.15) is 23.7 Å². The summed E-state index contributed by atoms with van der Waals surface area (Å²) in [5.74, 6) is -0.500. The summed E-state index contributed by atoms with van der Waals surface area (Å²) in [6, 6.07) is 4.70. The van der Waals surface area contributed by atoms with Crippen LogP contribution in [0.25, 0.3) is 0 Å². The number of aliphatic hydroxyl groups is 1. The lowest BCUT2D eigenvalue weighted by Crippen LogP contribution is -2.23. The van der Waals surface area contributed by atoms with Crippen LogP contribution in [0.3, 0.4) is 0 Å². The fourth-order valence-electron chi connectivity index (χ4n) is 1.33. The van der Waals surface area contributed by atoms with Gasteiger partial charge in [0.25, 0.3) is 0 Å². The number of anilines is 2. The molecule has 0 aliphatic heterocycles. The van der Waals surface area contributed by atoms with Crippen molar-refractivity contribution in [2.24, 2.45) is 5.73 Å². The van der Waals surface area contributed by atoms with Crippen molar-refractivity contribution in [3.8, 4) is 0 Å². The fourth-order valence-corrected chi connectivity index (χ4v) is 1.33. The number of hydrogen-bond donors (Lipinski definition) is 4. The van der Waals surface area contributed by atoms with Gasteiger partial charge in [-0.2, -0.15) is 0 Å². The fraction of sp³-hybridized carbons (Fsp3) is 0.364. The van der Waals surface area contributed by atoms with Gasteiger partial charge in [-0.05, 0) is 24.6 Å². The van der Waals surface area contributed by atoms with Gasteiger partial charge in [-0.3, -0.25) is 4.79 Å². The summed E-state index contributed by atoms with van der Waals surface area (Å²) in [6.07, 6.45) is 0.761. The van der Waals surface area contributed by atoms with Crippen LogP contribution in [0.5, 0.6) is 0 Å². The first kappa shape index (κ1) is 12.3. The number of aliphatic hydroxyl groups excluding tert-OH is 1. The van der Waals surface area contributed by atoms with Crippen LogP contribution in [-0.4, -0.2) is 23.7 Å². The Balaban J connectivity index is 2.93. The molecule has 0 saturated heterocycles. The molecule has 1 unspecified atom stereocenters. The van der Waals surface area contributed by atoms with Crippen molar-refractivity contribution in [3.05, 3.63) is 23.8 Å². The molecule has 1 aromatic rings. The minimum atomic E-state index is -0.500. The van der Waals surface area contributed by atoms with Gasteiger partial charge in [0.15, 0.2) is 0 Å². The van der Waals surface area contributed by atoms with E-state index in [0.29, 0.717) is 16.9 Å². The molecule has 16 heavy (non-hydrogen) atoms. The standard InChI is InChI=1S/C11H17N3O2/c1-2-8(6-15)14-10-5-7(11(13)16)3-4-9(10)12/h3-5,8,14-15H,2,6,12H2,1H3,(H2,13,16). The third kappa shape index (κ3) is 2.87. The molecule has 1 rings (SSSR count). The normalized spacial score (nSPS) is 12.1. The van der Waals surface area contributed by atoms with E-state index in [2.05, 4.69) is 5.32 Å². The van der Waals surface area contributed by atoms with Gasteiger partial charge in [-0.15, -0.1) is 0 Å². The third-order valence-corrected chi connectivity index (χ3v) is 2.41. The first-order valence-corrected chi connectivity index (χ1v) is 5.15. The van der Waals surface area contributed by atoms with Crippen LogP contribution >= 0.6 is 0 Å². The van der Waals surface area contributed by atoms with Crippen LogP contribution < -0.4 is 16.8 Å². The van der Waals surface area contributed by atoms with Gasteiger partial charge in [-0.25, -0.2) is 0 Å². The summed E-state index contributed by atoms with van der Waals surface area (Å²) >= 11 is 0. The van der Waals surface area contributed by atoms with E-state index in [9.17, 15) is 4.79 Å². The second kappa shape index (κ2) is 5.37. The number of hydrogen-bond acceptors (Lipinski definition) is 4. The van der Waals surface area contributed by atoms with Crippen LogP contribution in [0.4, 0.5) is 11.4 Å². The number of nitrogens with one attached hydrogen (secondary N) is 1. The zero-order valence-electron chi connectivity index (χ0n) is 9.23. The molecule has 0 aliphatic rings. The molecule has 0 fully saturated rings. The Morgan fingerprint density at radius 1 is 1.56 bits per heavy atom. The van der Waals surface area contributed by atoms with Crippen LogP contribution in [0, 0.1) is 0 Å². The van der Waals surface area contributed by atoms with Gasteiger partial charge < -0.3 is 21.9 Å². The minimum Gasteiger partial charge on any atom is -0.397 e. The molecule has 0 spiro atoms. The Hall–Kier alpha value is -1.75.